The summed E-state index contributed by atoms with van der Waals surface area (Å²) in [7, 11) is -2.93. The summed E-state index contributed by atoms with van der Waals surface area (Å²) in [6.45, 7) is 0. The Hall–Kier alpha value is -1.19. The van der Waals surface area contributed by atoms with Crippen molar-refractivity contribution in [3.05, 3.63) is 6.33 Å². The quantitative estimate of drug-likeness (QED) is 0.441. The van der Waals surface area contributed by atoms with Crippen LogP contribution in [0.15, 0.2) is 6.33 Å². The molecular weight excluding hydrogens is 188 g/mol. The van der Waals surface area contributed by atoms with Gasteiger partial charge in [-0.05, 0) is 0 Å². The van der Waals surface area contributed by atoms with E-state index < -0.39 is 10.4 Å². The van der Waals surface area contributed by atoms with E-state index in [-0.39, 0.29) is 0 Å². The molecule has 0 aliphatic carbocycles. The van der Waals surface area contributed by atoms with Crippen molar-refractivity contribution in [2.75, 3.05) is 5.73 Å². The van der Waals surface area contributed by atoms with Gasteiger partial charge in [-0.15, -0.1) is 0 Å². The lowest BCUT2D eigenvalue weighted by atomic mass is 11.0. The Morgan fingerprint density at radius 1 is 1.58 bits per heavy atom. The van der Waals surface area contributed by atoms with Gasteiger partial charge in [0.15, 0.2) is 0 Å². The number of anilines is 1. The standard InChI is InChI=1S/C3H6N4.H2O4S/c1-7-3(4)5-2-6-7;1-5(2,3)4/h2H,1H3,(H2,4,5,6);(H2,1,2,3,4). The van der Waals surface area contributed by atoms with E-state index in [4.69, 9.17) is 23.3 Å². The second kappa shape index (κ2) is 3.99. The fraction of sp³-hybridized carbons (Fsp3) is 0.333. The SMILES string of the molecule is Cn1ncnc1N.O=S(=O)(O)O. The maximum absolute atomic E-state index is 8.74. The van der Waals surface area contributed by atoms with Crippen molar-refractivity contribution in [2.45, 2.75) is 0 Å². The molecule has 0 aliphatic rings. The highest BCUT2D eigenvalue weighted by molar-refractivity contribution is 7.79. The van der Waals surface area contributed by atoms with Crippen molar-refractivity contribution in [1.29, 1.82) is 0 Å². The molecule has 0 unspecified atom stereocenters. The molecule has 0 spiro atoms. The molecule has 4 N–H and O–H groups in total. The highest BCUT2D eigenvalue weighted by Crippen LogP contribution is 1.85. The summed E-state index contributed by atoms with van der Waals surface area (Å²) < 4.78 is 33.1. The lowest BCUT2D eigenvalue weighted by molar-refractivity contribution is 0.381. The van der Waals surface area contributed by atoms with Crippen LogP contribution in [-0.2, 0) is 17.4 Å². The Morgan fingerprint density at radius 2 is 2.00 bits per heavy atom. The highest BCUT2D eigenvalue weighted by atomic mass is 32.3. The number of rotatable bonds is 0. The van der Waals surface area contributed by atoms with Crippen molar-refractivity contribution in [3.8, 4) is 0 Å². The lowest BCUT2D eigenvalue weighted by Crippen LogP contribution is -1.97. The van der Waals surface area contributed by atoms with Gasteiger partial charge in [0.2, 0.25) is 5.95 Å². The summed E-state index contributed by atoms with van der Waals surface area (Å²) in [5.41, 5.74) is 5.23. The van der Waals surface area contributed by atoms with E-state index >= 15 is 0 Å². The molecule has 1 aromatic heterocycles. The number of aromatic nitrogens is 3. The second-order valence-corrected chi connectivity index (χ2v) is 2.59. The van der Waals surface area contributed by atoms with Crippen LogP contribution in [0.3, 0.4) is 0 Å². The van der Waals surface area contributed by atoms with Crippen molar-refractivity contribution >= 4 is 16.3 Å². The average molecular weight is 196 g/mol. The fourth-order valence-corrected chi connectivity index (χ4v) is 0.305. The first-order valence-electron chi connectivity index (χ1n) is 2.60. The van der Waals surface area contributed by atoms with Gasteiger partial charge in [-0.1, -0.05) is 0 Å². The topological polar surface area (TPSA) is 131 Å². The summed E-state index contributed by atoms with van der Waals surface area (Å²) in [5.74, 6) is 0.444. The number of nitrogens with zero attached hydrogens (tertiary/aromatic N) is 3. The van der Waals surface area contributed by atoms with Gasteiger partial charge in [0, 0.05) is 7.05 Å². The zero-order valence-electron chi connectivity index (χ0n) is 6.12. The monoisotopic (exact) mass is 196 g/mol. The fourth-order valence-electron chi connectivity index (χ4n) is 0.305. The maximum Gasteiger partial charge on any atom is 0.394 e. The van der Waals surface area contributed by atoms with Crippen LogP contribution in [0.1, 0.15) is 0 Å². The van der Waals surface area contributed by atoms with Crippen LogP contribution in [0.25, 0.3) is 0 Å². The molecule has 0 saturated carbocycles. The first-order chi connectivity index (χ1) is 5.30. The molecule has 70 valence electrons. The number of nitrogen functional groups attached to an aromatic ring is 1. The van der Waals surface area contributed by atoms with Crippen LogP contribution >= 0.6 is 0 Å². The van der Waals surface area contributed by atoms with Crippen LogP contribution in [-0.4, -0.2) is 32.3 Å². The number of hydrogen-bond donors (Lipinski definition) is 3. The third kappa shape index (κ3) is 6.92. The number of nitrogens with two attached hydrogens (primary N) is 1. The molecule has 8 nitrogen and oxygen atoms in total. The zero-order chi connectivity index (χ0) is 9.78. The van der Waals surface area contributed by atoms with Crippen LogP contribution in [0.5, 0.6) is 0 Å². The summed E-state index contributed by atoms with van der Waals surface area (Å²) in [5, 5.41) is 3.70. The van der Waals surface area contributed by atoms with E-state index in [1.54, 1.807) is 7.05 Å². The highest BCUT2D eigenvalue weighted by Gasteiger charge is 1.86. The van der Waals surface area contributed by atoms with Gasteiger partial charge in [0.1, 0.15) is 6.33 Å². The van der Waals surface area contributed by atoms with Crippen LogP contribution < -0.4 is 5.73 Å². The summed E-state index contributed by atoms with van der Waals surface area (Å²) in [4.78, 5) is 3.65. The third-order valence-electron chi connectivity index (χ3n) is 0.746. The molecule has 1 aromatic rings. The average Bonchev–Trinajstić information content (AvgIpc) is 2.12. The molecular formula is C3H8N4O4S. The summed E-state index contributed by atoms with van der Waals surface area (Å²) in [6.07, 6.45) is 1.41. The van der Waals surface area contributed by atoms with Crippen molar-refractivity contribution < 1.29 is 17.5 Å². The Balaban J connectivity index is 0.000000217. The molecule has 0 atom stereocenters. The van der Waals surface area contributed by atoms with Gasteiger partial charge < -0.3 is 5.73 Å². The molecule has 0 aromatic carbocycles. The maximum atomic E-state index is 8.74. The molecule has 0 fully saturated rings. The Labute approximate surface area is 68.6 Å². The first kappa shape index (κ1) is 10.8. The van der Waals surface area contributed by atoms with Crippen molar-refractivity contribution in [2.24, 2.45) is 7.05 Å². The molecule has 12 heavy (non-hydrogen) atoms. The van der Waals surface area contributed by atoms with Gasteiger partial charge in [0.05, 0.1) is 0 Å². The smallest absolute Gasteiger partial charge is 0.368 e. The predicted molar refractivity (Wildman–Crippen MR) is 39.6 cm³/mol. The predicted octanol–water partition coefficient (Wildman–Crippen LogP) is -1.26. The normalized spacial score (nSPS) is 10.2. The van der Waals surface area contributed by atoms with Gasteiger partial charge in [-0.2, -0.15) is 13.5 Å². The zero-order valence-corrected chi connectivity index (χ0v) is 6.93. The molecule has 0 amide bonds. The van der Waals surface area contributed by atoms with Crippen LogP contribution in [0, 0.1) is 0 Å². The second-order valence-electron chi connectivity index (χ2n) is 1.69. The minimum atomic E-state index is -4.67. The van der Waals surface area contributed by atoms with Gasteiger partial charge >= 0.3 is 10.4 Å². The number of hydrogen-bond acceptors (Lipinski definition) is 5. The Kier molecular flexibility index (Phi) is 3.60. The number of aryl methyl sites for hydroxylation is 1. The largest absolute Gasteiger partial charge is 0.394 e. The van der Waals surface area contributed by atoms with E-state index in [1.165, 1.54) is 11.0 Å². The molecule has 0 radical (unpaired) electrons. The van der Waals surface area contributed by atoms with Gasteiger partial charge in [0.25, 0.3) is 0 Å². The summed E-state index contributed by atoms with van der Waals surface area (Å²) >= 11 is 0. The van der Waals surface area contributed by atoms with Crippen molar-refractivity contribution in [3.63, 3.8) is 0 Å². The molecule has 1 heterocycles. The van der Waals surface area contributed by atoms with E-state index in [9.17, 15) is 0 Å². The van der Waals surface area contributed by atoms with Gasteiger partial charge in [-0.25, -0.2) is 9.67 Å². The van der Waals surface area contributed by atoms with Crippen LogP contribution in [0.2, 0.25) is 0 Å². The summed E-state index contributed by atoms with van der Waals surface area (Å²) in [6, 6.07) is 0. The molecule has 1 rings (SSSR count). The molecule has 0 bridgehead atoms. The van der Waals surface area contributed by atoms with Crippen LogP contribution in [0.4, 0.5) is 5.95 Å². The minimum Gasteiger partial charge on any atom is -0.368 e. The van der Waals surface area contributed by atoms with E-state index in [0.29, 0.717) is 5.95 Å². The molecule has 9 heteroatoms. The molecule has 0 saturated heterocycles. The third-order valence-corrected chi connectivity index (χ3v) is 0.746. The molecule has 0 aliphatic heterocycles. The Morgan fingerprint density at radius 3 is 2.08 bits per heavy atom. The van der Waals surface area contributed by atoms with E-state index in [0.717, 1.165) is 0 Å². The minimum absolute atomic E-state index is 0.444. The first-order valence-corrected chi connectivity index (χ1v) is 3.99. The van der Waals surface area contributed by atoms with Gasteiger partial charge in [-0.3, -0.25) is 9.11 Å². The van der Waals surface area contributed by atoms with Crippen molar-refractivity contribution in [1.82, 2.24) is 14.8 Å². The lowest BCUT2D eigenvalue weighted by Gasteiger charge is -1.84. The Bertz CT molecular complexity index is 305. The van der Waals surface area contributed by atoms with E-state index in [1.807, 2.05) is 0 Å². The van der Waals surface area contributed by atoms with E-state index in [2.05, 4.69) is 10.1 Å².